The van der Waals surface area contributed by atoms with E-state index in [0.717, 1.165) is 4.47 Å². The molecule has 0 fully saturated rings. The first-order chi connectivity index (χ1) is 22.2. The van der Waals surface area contributed by atoms with Gasteiger partial charge in [-0.2, -0.15) is 20.7 Å². The van der Waals surface area contributed by atoms with Crippen LogP contribution in [0.25, 0.3) is 42.4 Å². The summed E-state index contributed by atoms with van der Waals surface area (Å²) in [5.41, 5.74) is 5.00. The molecule has 0 aliphatic heterocycles. The largest absolute Gasteiger partial charge is 0.171 e. The highest BCUT2D eigenvalue weighted by Gasteiger charge is 2.28. The maximum Gasteiger partial charge on any atom is 0.0433 e. The summed E-state index contributed by atoms with van der Waals surface area (Å²) in [6.45, 7) is 0. The van der Waals surface area contributed by atoms with Crippen molar-refractivity contribution in [3.8, 4) is 22.3 Å². The summed E-state index contributed by atoms with van der Waals surface area (Å²) in [6, 6.07) is 65.0. The van der Waals surface area contributed by atoms with Gasteiger partial charge in [-0.25, -0.2) is 0 Å². The zero-order valence-electron chi connectivity index (χ0n) is 24.5. The Morgan fingerprint density at radius 1 is 0.400 bits per heavy atom. The smallest absolute Gasteiger partial charge is 0.0433 e. The molecular weight excluding hydrogens is 645 g/mol. The second kappa shape index (κ2) is 11.8. The quantitative estimate of drug-likeness (QED) is 0.122. The van der Waals surface area contributed by atoms with Gasteiger partial charge in [-0.1, -0.05) is 174 Å². The Morgan fingerprint density at radius 3 is 1.67 bits per heavy atom. The Morgan fingerprint density at radius 2 is 0.933 bits per heavy atom. The minimum absolute atomic E-state index is 1.10. The van der Waals surface area contributed by atoms with E-state index in [0.29, 0.717) is 0 Å². The van der Waals surface area contributed by atoms with Crippen LogP contribution in [0.2, 0.25) is 0 Å². The van der Waals surface area contributed by atoms with Crippen LogP contribution >= 0.6 is 27.3 Å². The predicted molar refractivity (Wildman–Crippen MR) is 202 cm³/mol. The van der Waals surface area contributed by atoms with Crippen molar-refractivity contribution in [3.05, 3.63) is 180 Å². The molecule has 0 saturated heterocycles. The Kier molecular flexibility index (Phi) is 7.31. The van der Waals surface area contributed by atoms with Crippen molar-refractivity contribution in [2.24, 2.45) is 0 Å². The number of thiophene rings is 1. The fourth-order valence-corrected chi connectivity index (χ4v) is 13.5. The van der Waals surface area contributed by atoms with Gasteiger partial charge in [0.15, 0.2) is 0 Å². The van der Waals surface area contributed by atoms with Crippen LogP contribution in [0.4, 0.5) is 0 Å². The van der Waals surface area contributed by atoms with Crippen molar-refractivity contribution in [2.45, 2.75) is 0 Å². The molecule has 45 heavy (non-hydrogen) atoms. The molecule has 1 aromatic heterocycles. The fourth-order valence-electron chi connectivity index (χ4n) is 6.87. The van der Waals surface area contributed by atoms with Gasteiger partial charge in [0.25, 0.3) is 0 Å². The van der Waals surface area contributed by atoms with E-state index in [1.165, 1.54) is 63.2 Å². The van der Waals surface area contributed by atoms with Gasteiger partial charge in [-0.15, -0.1) is 11.3 Å². The zero-order valence-corrected chi connectivity index (χ0v) is 27.9. The van der Waals surface area contributed by atoms with Gasteiger partial charge in [-0.05, 0) is 48.5 Å². The molecule has 0 saturated carbocycles. The molecule has 0 aliphatic rings. The van der Waals surface area contributed by atoms with E-state index in [-0.39, 0.29) is 0 Å². The summed E-state index contributed by atoms with van der Waals surface area (Å²) in [7, 11) is -2.66. The highest BCUT2D eigenvalue weighted by molar-refractivity contribution is 9.10. The fraction of sp³-hybridized carbons (Fsp3) is 0. The van der Waals surface area contributed by atoms with E-state index >= 15 is 0 Å². The van der Waals surface area contributed by atoms with Crippen LogP contribution in [0.15, 0.2) is 180 Å². The SMILES string of the molecule is Brc1cccc([Si-](c2ccccc2)(c2ccccc2)c2cccc(-c3cccc(-c4cccc5c4sc4ccccc45)c3)c2)c1. The van der Waals surface area contributed by atoms with E-state index in [1.54, 1.807) is 0 Å². The van der Waals surface area contributed by atoms with Crippen LogP contribution < -0.4 is 20.7 Å². The van der Waals surface area contributed by atoms with Crippen molar-refractivity contribution in [2.75, 3.05) is 0 Å². The molecule has 0 N–H and O–H groups in total. The van der Waals surface area contributed by atoms with E-state index < -0.39 is 8.07 Å². The van der Waals surface area contributed by atoms with Gasteiger partial charge in [0.05, 0.1) is 0 Å². The molecule has 1 heterocycles. The third-order valence-electron chi connectivity index (χ3n) is 8.88. The van der Waals surface area contributed by atoms with Gasteiger partial charge in [0.2, 0.25) is 0 Å². The maximum absolute atomic E-state index is 3.80. The number of fused-ring (bicyclic) bond motifs is 3. The lowest BCUT2D eigenvalue weighted by molar-refractivity contribution is 1.61. The molecule has 215 valence electrons. The summed E-state index contributed by atoms with van der Waals surface area (Å²) >= 11 is 5.69. The Bertz CT molecular complexity index is 2250. The van der Waals surface area contributed by atoms with Gasteiger partial charge in [0.1, 0.15) is 0 Å². The first-order valence-electron chi connectivity index (χ1n) is 15.2. The lowest BCUT2D eigenvalue weighted by atomic mass is 9.98. The van der Waals surface area contributed by atoms with Gasteiger partial charge < -0.3 is 0 Å². The number of rotatable bonds is 6. The molecule has 0 nitrogen and oxygen atoms in total. The topological polar surface area (TPSA) is 0 Å². The highest BCUT2D eigenvalue weighted by atomic mass is 79.9. The van der Waals surface area contributed by atoms with E-state index in [9.17, 15) is 0 Å². The lowest BCUT2D eigenvalue weighted by Crippen LogP contribution is -2.74. The van der Waals surface area contributed by atoms with Crippen LogP contribution in [0.3, 0.4) is 0 Å². The molecule has 0 radical (unpaired) electrons. The average Bonchev–Trinajstić information content (AvgIpc) is 3.49. The third kappa shape index (κ3) is 4.88. The summed E-state index contributed by atoms with van der Waals surface area (Å²) in [4.78, 5) is 0. The monoisotopic (exact) mass is 672 g/mol. The summed E-state index contributed by atoms with van der Waals surface area (Å²) < 4.78 is 3.78. The van der Waals surface area contributed by atoms with Crippen LogP contribution in [-0.2, 0) is 0 Å². The second-order valence-electron chi connectivity index (χ2n) is 11.4. The number of hydrogen-bond acceptors (Lipinski definition) is 1. The molecule has 0 amide bonds. The van der Waals surface area contributed by atoms with Gasteiger partial charge >= 0.3 is 0 Å². The Labute approximate surface area is 277 Å². The van der Waals surface area contributed by atoms with Gasteiger partial charge in [-0.3, -0.25) is 0 Å². The van der Waals surface area contributed by atoms with E-state index in [1.807, 2.05) is 11.3 Å². The molecule has 0 unspecified atom stereocenters. The first-order valence-corrected chi connectivity index (χ1v) is 18.8. The maximum atomic E-state index is 3.80. The van der Waals surface area contributed by atoms with Crippen molar-refractivity contribution in [3.63, 3.8) is 0 Å². The number of benzene rings is 7. The molecule has 7 aromatic carbocycles. The molecule has 8 rings (SSSR count). The Hall–Kier alpha value is -4.54. The summed E-state index contributed by atoms with van der Waals surface area (Å²) in [5, 5.41) is 8.13. The van der Waals surface area contributed by atoms with Crippen LogP contribution in [-0.4, -0.2) is 8.07 Å². The average molecular weight is 674 g/mol. The summed E-state index contributed by atoms with van der Waals surface area (Å²) in [6.07, 6.45) is 0. The second-order valence-corrected chi connectivity index (χ2v) is 17.2. The highest BCUT2D eigenvalue weighted by Crippen LogP contribution is 2.40. The number of hydrogen-bond donors (Lipinski definition) is 0. The zero-order chi connectivity index (χ0) is 30.2. The van der Waals surface area contributed by atoms with Crippen molar-refractivity contribution >= 4 is 76.3 Å². The Balaban J connectivity index is 1.33. The molecule has 0 bridgehead atoms. The molecular formula is C42H29BrSSi-. The molecule has 0 atom stereocenters. The van der Waals surface area contributed by atoms with Crippen LogP contribution in [0.1, 0.15) is 0 Å². The van der Waals surface area contributed by atoms with Gasteiger partial charge in [0, 0.05) is 24.6 Å². The minimum atomic E-state index is -2.66. The molecule has 0 aliphatic carbocycles. The third-order valence-corrected chi connectivity index (χ3v) is 15.3. The molecule has 3 heteroatoms. The molecule has 0 spiro atoms. The van der Waals surface area contributed by atoms with Crippen molar-refractivity contribution in [1.82, 2.24) is 0 Å². The minimum Gasteiger partial charge on any atom is -0.171 e. The normalized spacial score (nSPS) is 11.7. The standard InChI is InChI=1S/C42H29BrSSi/c43-33-16-11-22-37(29-33)45(34-17-3-1-4-18-34,35-19-5-2-6-20-35)36-21-10-14-31(28-36)30-13-9-15-32(27-30)38-24-12-25-40-39-23-7-8-26-41(39)44-42(38)40/h1-29H/q-1. The van der Waals surface area contributed by atoms with Crippen LogP contribution in [0.5, 0.6) is 0 Å². The van der Waals surface area contributed by atoms with Crippen molar-refractivity contribution in [1.29, 1.82) is 0 Å². The van der Waals surface area contributed by atoms with E-state index in [2.05, 4.69) is 192 Å². The van der Waals surface area contributed by atoms with Crippen LogP contribution in [0, 0.1) is 0 Å². The first kappa shape index (κ1) is 28.0. The number of halogens is 1. The summed E-state index contributed by atoms with van der Waals surface area (Å²) in [5.74, 6) is 0. The molecule has 8 aromatic rings. The van der Waals surface area contributed by atoms with E-state index in [4.69, 9.17) is 0 Å². The lowest BCUT2D eigenvalue weighted by Gasteiger charge is -2.47. The predicted octanol–water partition coefficient (Wildman–Crippen LogP) is 9.53. The van der Waals surface area contributed by atoms with Crippen molar-refractivity contribution < 1.29 is 0 Å².